The van der Waals surface area contributed by atoms with Crippen molar-refractivity contribution >= 4 is 11.5 Å². The maximum atomic E-state index is 11.6. The molecule has 0 bridgehead atoms. The van der Waals surface area contributed by atoms with E-state index in [1.165, 1.54) is 18.5 Å². The molecule has 0 spiro atoms. The lowest BCUT2D eigenvalue weighted by molar-refractivity contribution is 0.0988. The number of hydrogen-bond donors (Lipinski definition) is 0. The van der Waals surface area contributed by atoms with Crippen LogP contribution in [0.3, 0.4) is 0 Å². The molecule has 0 N–H and O–H groups in total. The van der Waals surface area contributed by atoms with Crippen LogP contribution in [0.4, 0.5) is 5.69 Å². The predicted molar refractivity (Wildman–Crippen MR) is 76.3 cm³/mol. The number of piperidine rings is 1. The zero-order valence-corrected chi connectivity index (χ0v) is 11.6. The fraction of sp³-hybridized carbons (Fsp3) is 0.562. The van der Waals surface area contributed by atoms with Crippen LogP contribution in [0.15, 0.2) is 24.3 Å². The number of Topliss-reactive ketones (excluding diaryl/α,β-unsaturated/α-hetero) is 1. The van der Waals surface area contributed by atoms with Crippen molar-refractivity contribution in [3.8, 4) is 0 Å². The highest BCUT2D eigenvalue weighted by atomic mass is 16.1. The third kappa shape index (κ3) is 2.74. The van der Waals surface area contributed by atoms with Gasteiger partial charge in [0.15, 0.2) is 5.78 Å². The molecule has 98 valence electrons. The van der Waals surface area contributed by atoms with E-state index >= 15 is 0 Å². The van der Waals surface area contributed by atoms with Gasteiger partial charge in [0.05, 0.1) is 0 Å². The summed E-state index contributed by atoms with van der Waals surface area (Å²) in [6, 6.07) is 8.71. The fourth-order valence-electron chi connectivity index (χ4n) is 2.83. The first-order valence-electron chi connectivity index (χ1n) is 7.01. The van der Waals surface area contributed by atoms with E-state index in [4.69, 9.17) is 0 Å². The lowest BCUT2D eigenvalue weighted by Gasteiger charge is -2.38. The molecule has 2 nitrogen and oxygen atoms in total. The molecular formula is C16H23NO. The molecule has 0 radical (unpaired) electrons. The number of carbonyl (C=O) groups excluding carboxylic acids is 1. The standard InChI is InChI=1S/C16H23NO/c1-4-16(18)14-5-7-15(8-6-14)17-10-9-12(2)11-13(17)3/h5-8,12-13H,4,9-11H2,1-3H3. The largest absolute Gasteiger partial charge is 0.369 e. The Kier molecular flexibility index (Phi) is 4.05. The smallest absolute Gasteiger partial charge is 0.162 e. The fourth-order valence-corrected chi connectivity index (χ4v) is 2.83. The van der Waals surface area contributed by atoms with Crippen LogP contribution in [0, 0.1) is 5.92 Å². The molecule has 18 heavy (non-hydrogen) atoms. The SMILES string of the molecule is CCC(=O)c1ccc(N2CCC(C)CC2C)cc1. The third-order valence-corrected chi connectivity index (χ3v) is 3.98. The molecule has 1 aliphatic rings. The zero-order valence-electron chi connectivity index (χ0n) is 11.6. The highest BCUT2D eigenvalue weighted by molar-refractivity contribution is 5.96. The summed E-state index contributed by atoms with van der Waals surface area (Å²) in [4.78, 5) is 14.1. The van der Waals surface area contributed by atoms with Crippen LogP contribution in [0.25, 0.3) is 0 Å². The number of anilines is 1. The molecule has 2 unspecified atom stereocenters. The Balaban J connectivity index is 2.12. The number of benzene rings is 1. The average Bonchev–Trinajstić information content (AvgIpc) is 2.38. The maximum absolute atomic E-state index is 11.6. The van der Waals surface area contributed by atoms with Crippen LogP contribution in [-0.2, 0) is 0 Å². The van der Waals surface area contributed by atoms with Crippen molar-refractivity contribution in [1.82, 2.24) is 0 Å². The van der Waals surface area contributed by atoms with Gasteiger partial charge < -0.3 is 4.90 Å². The maximum Gasteiger partial charge on any atom is 0.162 e. The van der Waals surface area contributed by atoms with Gasteiger partial charge in [-0.2, -0.15) is 0 Å². The molecule has 0 amide bonds. The molecule has 1 aromatic carbocycles. The highest BCUT2D eigenvalue weighted by Crippen LogP contribution is 2.27. The average molecular weight is 245 g/mol. The van der Waals surface area contributed by atoms with Crippen LogP contribution in [-0.4, -0.2) is 18.4 Å². The van der Waals surface area contributed by atoms with E-state index in [-0.39, 0.29) is 5.78 Å². The monoisotopic (exact) mass is 245 g/mol. The van der Waals surface area contributed by atoms with Gasteiger partial charge in [0.1, 0.15) is 0 Å². The van der Waals surface area contributed by atoms with E-state index < -0.39 is 0 Å². The van der Waals surface area contributed by atoms with Crippen molar-refractivity contribution < 1.29 is 4.79 Å². The van der Waals surface area contributed by atoms with Gasteiger partial charge >= 0.3 is 0 Å². The summed E-state index contributed by atoms with van der Waals surface area (Å²) < 4.78 is 0. The first-order valence-corrected chi connectivity index (χ1v) is 7.01. The summed E-state index contributed by atoms with van der Waals surface area (Å²) in [6.45, 7) is 7.66. The van der Waals surface area contributed by atoms with Crippen LogP contribution >= 0.6 is 0 Å². The number of rotatable bonds is 3. The minimum absolute atomic E-state index is 0.224. The second kappa shape index (κ2) is 5.55. The van der Waals surface area contributed by atoms with E-state index in [9.17, 15) is 4.79 Å². The third-order valence-electron chi connectivity index (χ3n) is 3.98. The van der Waals surface area contributed by atoms with Crippen molar-refractivity contribution in [1.29, 1.82) is 0 Å². The van der Waals surface area contributed by atoms with E-state index in [0.717, 1.165) is 18.0 Å². The Bertz CT molecular complexity index is 410. The van der Waals surface area contributed by atoms with Crippen molar-refractivity contribution in [2.24, 2.45) is 5.92 Å². The minimum atomic E-state index is 0.224. The van der Waals surface area contributed by atoms with Gasteiger partial charge in [-0.05, 0) is 49.9 Å². The molecule has 2 heteroatoms. The molecule has 1 aliphatic heterocycles. The highest BCUT2D eigenvalue weighted by Gasteiger charge is 2.22. The van der Waals surface area contributed by atoms with Crippen molar-refractivity contribution in [3.63, 3.8) is 0 Å². The Morgan fingerprint density at radius 2 is 1.94 bits per heavy atom. The molecule has 2 rings (SSSR count). The lowest BCUT2D eigenvalue weighted by Crippen LogP contribution is -2.40. The summed E-state index contributed by atoms with van der Waals surface area (Å²) >= 11 is 0. The van der Waals surface area contributed by atoms with Crippen LogP contribution < -0.4 is 4.90 Å². The Morgan fingerprint density at radius 1 is 1.28 bits per heavy atom. The van der Waals surface area contributed by atoms with Gasteiger partial charge in [-0.25, -0.2) is 0 Å². The molecule has 1 aromatic rings. The molecule has 1 heterocycles. The molecule has 0 saturated carbocycles. The van der Waals surface area contributed by atoms with Gasteiger partial charge in [-0.1, -0.05) is 13.8 Å². The number of hydrogen-bond acceptors (Lipinski definition) is 2. The van der Waals surface area contributed by atoms with Gasteiger partial charge in [-0.3, -0.25) is 4.79 Å². The van der Waals surface area contributed by atoms with Gasteiger partial charge in [0, 0.05) is 30.3 Å². The topological polar surface area (TPSA) is 20.3 Å². The van der Waals surface area contributed by atoms with Crippen molar-refractivity contribution in [2.45, 2.75) is 46.1 Å². The number of ketones is 1. The summed E-state index contributed by atoms with van der Waals surface area (Å²) in [6.07, 6.45) is 3.10. The second-order valence-electron chi connectivity index (χ2n) is 5.50. The van der Waals surface area contributed by atoms with Gasteiger partial charge in [-0.15, -0.1) is 0 Å². The first-order chi connectivity index (χ1) is 8.61. The van der Waals surface area contributed by atoms with Crippen LogP contribution in [0.2, 0.25) is 0 Å². The Morgan fingerprint density at radius 3 is 2.50 bits per heavy atom. The zero-order chi connectivity index (χ0) is 13.1. The van der Waals surface area contributed by atoms with E-state index in [2.05, 4.69) is 30.9 Å². The Labute approximate surface area is 110 Å². The molecular weight excluding hydrogens is 222 g/mol. The normalized spacial score (nSPS) is 24.1. The summed E-state index contributed by atoms with van der Waals surface area (Å²) in [5.41, 5.74) is 2.08. The van der Waals surface area contributed by atoms with E-state index in [1.807, 2.05) is 19.1 Å². The molecule has 1 fully saturated rings. The first kappa shape index (κ1) is 13.1. The predicted octanol–water partition coefficient (Wildman–Crippen LogP) is 3.90. The Hall–Kier alpha value is -1.31. The lowest BCUT2D eigenvalue weighted by atomic mass is 9.93. The van der Waals surface area contributed by atoms with Crippen molar-refractivity contribution in [3.05, 3.63) is 29.8 Å². The molecule has 0 aromatic heterocycles. The minimum Gasteiger partial charge on any atom is -0.369 e. The quantitative estimate of drug-likeness (QED) is 0.753. The van der Waals surface area contributed by atoms with Crippen molar-refractivity contribution in [2.75, 3.05) is 11.4 Å². The summed E-state index contributed by atoms with van der Waals surface area (Å²) in [5, 5.41) is 0. The summed E-state index contributed by atoms with van der Waals surface area (Å²) in [7, 11) is 0. The van der Waals surface area contributed by atoms with E-state index in [1.54, 1.807) is 0 Å². The van der Waals surface area contributed by atoms with Crippen LogP contribution in [0.1, 0.15) is 50.4 Å². The van der Waals surface area contributed by atoms with Crippen LogP contribution in [0.5, 0.6) is 0 Å². The molecule has 0 aliphatic carbocycles. The second-order valence-corrected chi connectivity index (χ2v) is 5.50. The molecule has 1 saturated heterocycles. The van der Waals surface area contributed by atoms with Gasteiger partial charge in [0.25, 0.3) is 0 Å². The van der Waals surface area contributed by atoms with E-state index in [0.29, 0.717) is 12.5 Å². The van der Waals surface area contributed by atoms with Gasteiger partial charge in [0.2, 0.25) is 0 Å². The summed E-state index contributed by atoms with van der Waals surface area (Å²) in [5.74, 6) is 1.05. The number of nitrogens with zero attached hydrogens (tertiary/aromatic N) is 1. The molecule has 2 atom stereocenters. The number of carbonyl (C=O) groups is 1.